The molecule has 1 aliphatic rings. The summed E-state index contributed by atoms with van der Waals surface area (Å²) in [7, 11) is 0. The molecule has 1 fully saturated rings. The van der Waals surface area contributed by atoms with E-state index in [0.29, 0.717) is 6.42 Å². The Morgan fingerprint density at radius 1 is 1.44 bits per heavy atom. The van der Waals surface area contributed by atoms with Gasteiger partial charge in [0.25, 0.3) is 0 Å². The van der Waals surface area contributed by atoms with Crippen molar-refractivity contribution < 1.29 is 24.5 Å². The number of aliphatic hydroxyl groups excluding tert-OH is 1. The van der Waals surface area contributed by atoms with Gasteiger partial charge in [-0.25, -0.2) is 4.79 Å². The molecule has 0 aromatic heterocycles. The highest BCUT2D eigenvalue weighted by atomic mass is 16.6. The standard InChI is InChI=1S/C12H21NO5/c1-11(2,3)18-10(17)13-6-5-8(14)7-12(13,4)9(15)16/h8,14H,5-7H2,1-4H3,(H,15,16)/p-1/t8?,12-/m0/s1. The fourth-order valence-corrected chi connectivity index (χ4v) is 2.00. The number of carbonyl (C=O) groups is 2. The summed E-state index contributed by atoms with van der Waals surface area (Å²) in [6.45, 7) is 6.63. The lowest BCUT2D eigenvalue weighted by Crippen LogP contribution is -2.64. The van der Waals surface area contributed by atoms with Gasteiger partial charge in [0.15, 0.2) is 0 Å². The van der Waals surface area contributed by atoms with Crippen LogP contribution in [-0.4, -0.2) is 45.9 Å². The van der Waals surface area contributed by atoms with Crippen molar-refractivity contribution in [1.82, 2.24) is 4.90 Å². The van der Waals surface area contributed by atoms with Gasteiger partial charge in [-0.2, -0.15) is 0 Å². The molecule has 18 heavy (non-hydrogen) atoms. The molecule has 104 valence electrons. The van der Waals surface area contributed by atoms with Crippen molar-refractivity contribution in [2.45, 2.75) is 57.8 Å². The van der Waals surface area contributed by atoms with E-state index in [0.717, 1.165) is 4.90 Å². The van der Waals surface area contributed by atoms with E-state index in [1.165, 1.54) is 6.92 Å². The average molecular weight is 258 g/mol. The van der Waals surface area contributed by atoms with Crippen LogP contribution in [0.2, 0.25) is 0 Å². The topological polar surface area (TPSA) is 89.9 Å². The van der Waals surface area contributed by atoms with Gasteiger partial charge in [-0.15, -0.1) is 0 Å². The number of aliphatic carboxylic acids is 1. The Labute approximate surface area is 107 Å². The van der Waals surface area contributed by atoms with Crippen LogP contribution in [0.3, 0.4) is 0 Å². The molecule has 2 atom stereocenters. The third-order valence-electron chi connectivity index (χ3n) is 2.97. The van der Waals surface area contributed by atoms with Crippen molar-refractivity contribution >= 4 is 12.1 Å². The minimum atomic E-state index is -1.53. The van der Waals surface area contributed by atoms with Crippen LogP contribution in [0, 0.1) is 0 Å². The van der Waals surface area contributed by atoms with Gasteiger partial charge >= 0.3 is 6.09 Å². The molecule has 0 aliphatic carbocycles. The molecule has 0 aromatic carbocycles. The fraction of sp³-hybridized carbons (Fsp3) is 0.833. The van der Waals surface area contributed by atoms with Crippen LogP contribution >= 0.6 is 0 Å². The number of carboxylic acids is 1. The van der Waals surface area contributed by atoms with E-state index < -0.39 is 29.3 Å². The number of rotatable bonds is 1. The Kier molecular flexibility index (Phi) is 3.90. The number of carbonyl (C=O) groups excluding carboxylic acids is 2. The van der Waals surface area contributed by atoms with Crippen molar-refractivity contribution in [3.63, 3.8) is 0 Å². The van der Waals surface area contributed by atoms with E-state index in [9.17, 15) is 19.8 Å². The summed E-state index contributed by atoms with van der Waals surface area (Å²) < 4.78 is 5.17. The van der Waals surface area contributed by atoms with Gasteiger partial charge in [-0.3, -0.25) is 4.90 Å². The Balaban J connectivity index is 2.91. The SMILES string of the molecule is CC(C)(C)OC(=O)N1CCC(O)C[C@@]1(C)C(=O)[O-]. The van der Waals surface area contributed by atoms with E-state index in [1.54, 1.807) is 20.8 Å². The van der Waals surface area contributed by atoms with Crippen LogP contribution in [0.25, 0.3) is 0 Å². The largest absolute Gasteiger partial charge is 0.548 e. The average Bonchev–Trinajstić information content (AvgIpc) is 2.13. The maximum atomic E-state index is 12.0. The molecule has 1 aliphatic heterocycles. The summed E-state index contributed by atoms with van der Waals surface area (Å²) in [4.78, 5) is 24.3. The molecule has 0 spiro atoms. The molecule has 6 heteroatoms. The molecule has 0 bridgehead atoms. The summed E-state index contributed by atoms with van der Waals surface area (Å²) in [5, 5.41) is 20.8. The van der Waals surface area contributed by atoms with Gasteiger partial charge in [0.05, 0.1) is 17.6 Å². The number of likely N-dealkylation sites (tertiary alicyclic amines) is 1. The molecule has 1 amide bonds. The second kappa shape index (κ2) is 4.76. The lowest BCUT2D eigenvalue weighted by molar-refractivity contribution is -0.320. The molecule has 1 N–H and O–H groups in total. The molecule has 1 unspecified atom stereocenters. The summed E-state index contributed by atoms with van der Waals surface area (Å²) in [5.41, 5.74) is -2.22. The molecule has 1 saturated heterocycles. The van der Waals surface area contributed by atoms with Crippen molar-refractivity contribution in [2.24, 2.45) is 0 Å². The van der Waals surface area contributed by atoms with Crippen molar-refractivity contribution in [3.8, 4) is 0 Å². The number of carboxylic acid groups (broad SMARTS) is 1. The van der Waals surface area contributed by atoms with Crippen molar-refractivity contribution in [1.29, 1.82) is 0 Å². The number of nitrogens with zero attached hydrogens (tertiary/aromatic N) is 1. The first-order chi connectivity index (χ1) is 8.06. The second-order valence-corrected chi connectivity index (χ2v) is 5.84. The van der Waals surface area contributed by atoms with Gasteiger partial charge in [-0.05, 0) is 34.1 Å². The van der Waals surface area contributed by atoms with Gasteiger partial charge in [-0.1, -0.05) is 0 Å². The molecule has 6 nitrogen and oxygen atoms in total. The summed E-state index contributed by atoms with van der Waals surface area (Å²) in [6, 6.07) is 0. The number of piperidine rings is 1. The maximum absolute atomic E-state index is 12.0. The maximum Gasteiger partial charge on any atom is 0.411 e. The number of ether oxygens (including phenoxy) is 1. The number of amides is 1. The second-order valence-electron chi connectivity index (χ2n) is 5.84. The fourth-order valence-electron chi connectivity index (χ4n) is 2.00. The third-order valence-corrected chi connectivity index (χ3v) is 2.97. The van der Waals surface area contributed by atoms with Crippen molar-refractivity contribution in [3.05, 3.63) is 0 Å². The molecule has 1 rings (SSSR count). The predicted molar refractivity (Wildman–Crippen MR) is 61.6 cm³/mol. The van der Waals surface area contributed by atoms with Crippen LogP contribution in [-0.2, 0) is 9.53 Å². The van der Waals surface area contributed by atoms with E-state index >= 15 is 0 Å². The van der Waals surface area contributed by atoms with Crippen LogP contribution < -0.4 is 5.11 Å². The van der Waals surface area contributed by atoms with Crippen LogP contribution in [0.1, 0.15) is 40.5 Å². The minimum Gasteiger partial charge on any atom is -0.548 e. The van der Waals surface area contributed by atoms with E-state index in [4.69, 9.17) is 4.74 Å². The van der Waals surface area contributed by atoms with Crippen molar-refractivity contribution in [2.75, 3.05) is 6.54 Å². The first kappa shape index (κ1) is 14.8. The predicted octanol–water partition coefficient (Wildman–Crippen LogP) is -0.113. The molecular weight excluding hydrogens is 238 g/mol. The van der Waals surface area contributed by atoms with Gasteiger partial charge < -0.3 is 19.7 Å². The monoisotopic (exact) mass is 258 g/mol. The van der Waals surface area contributed by atoms with Gasteiger partial charge in [0, 0.05) is 13.0 Å². The Morgan fingerprint density at radius 3 is 2.44 bits per heavy atom. The zero-order chi connectivity index (χ0) is 14.1. The highest BCUT2D eigenvalue weighted by molar-refractivity contribution is 5.83. The first-order valence-electron chi connectivity index (χ1n) is 5.96. The molecule has 0 saturated carbocycles. The van der Waals surface area contributed by atoms with Crippen LogP contribution in [0.4, 0.5) is 4.79 Å². The van der Waals surface area contributed by atoms with E-state index in [-0.39, 0.29) is 13.0 Å². The molecular formula is C12H20NO5-. The number of aliphatic hydroxyl groups is 1. The summed E-state index contributed by atoms with van der Waals surface area (Å²) in [6.07, 6.45) is -1.15. The third kappa shape index (κ3) is 3.13. The highest BCUT2D eigenvalue weighted by Gasteiger charge is 2.43. The van der Waals surface area contributed by atoms with Gasteiger partial charge in [0.1, 0.15) is 5.60 Å². The van der Waals surface area contributed by atoms with Crippen LogP contribution in [0.15, 0.2) is 0 Å². The smallest absolute Gasteiger partial charge is 0.411 e. The quantitative estimate of drug-likeness (QED) is 0.708. The van der Waals surface area contributed by atoms with Crippen LogP contribution in [0.5, 0.6) is 0 Å². The molecule has 1 heterocycles. The Hall–Kier alpha value is -1.30. The minimum absolute atomic E-state index is 0.0470. The van der Waals surface area contributed by atoms with E-state index in [1.807, 2.05) is 0 Å². The molecule has 0 aromatic rings. The lowest BCUT2D eigenvalue weighted by Gasteiger charge is -2.46. The number of hydrogen-bond donors (Lipinski definition) is 1. The Morgan fingerprint density at radius 2 is 2.00 bits per heavy atom. The number of hydrogen-bond acceptors (Lipinski definition) is 5. The zero-order valence-corrected chi connectivity index (χ0v) is 11.2. The lowest BCUT2D eigenvalue weighted by atomic mass is 9.87. The van der Waals surface area contributed by atoms with E-state index in [2.05, 4.69) is 0 Å². The summed E-state index contributed by atoms with van der Waals surface area (Å²) >= 11 is 0. The Bertz CT molecular complexity index is 349. The normalized spacial score (nSPS) is 28.9. The summed E-state index contributed by atoms with van der Waals surface area (Å²) in [5.74, 6) is -1.38. The molecule has 0 radical (unpaired) electrons. The van der Waals surface area contributed by atoms with Gasteiger partial charge in [0.2, 0.25) is 0 Å². The zero-order valence-electron chi connectivity index (χ0n) is 11.2. The first-order valence-corrected chi connectivity index (χ1v) is 5.96. The highest BCUT2D eigenvalue weighted by Crippen LogP contribution is 2.29.